The van der Waals surface area contributed by atoms with Crippen molar-refractivity contribution in [2.75, 3.05) is 19.5 Å². The fourth-order valence-corrected chi connectivity index (χ4v) is 3.80. The largest absolute Gasteiger partial charge is 0.493 e. The number of methoxy groups -OCH3 is 2. The van der Waals surface area contributed by atoms with Crippen LogP contribution in [0.3, 0.4) is 0 Å². The van der Waals surface area contributed by atoms with E-state index in [0.29, 0.717) is 39.8 Å². The van der Waals surface area contributed by atoms with Gasteiger partial charge in [-0.15, -0.1) is 0 Å². The van der Waals surface area contributed by atoms with E-state index >= 15 is 0 Å². The third-order valence-corrected chi connectivity index (χ3v) is 5.68. The number of ketones is 1. The molecule has 0 bridgehead atoms. The van der Waals surface area contributed by atoms with Crippen LogP contribution in [0.25, 0.3) is 0 Å². The summed E-state index contributed by atoms with van der Waals surface area (Å²) in [5, 5.41) is 3.26. The zero-order valence-electron chi connectivity index (χ0n) is 17.1. The van der Waals surface area contributed by atoms with Crippen molar-refractivity contribution in [2.24, 2.45) is 0 Å². The van der Waals surface area contributed by atoms with E-state index in [4.69, 9.17) is 21.1 Å². The molecular weight excluding hydrogens is 482 g/mol. The summed E-state index contributed by atoms with van der Waals surface area (Å²) in [6, 6.07) is 17.4. The van der Waals surface area contributed by atoms with Gasteiger partial charge in [-0.1, -0.05) is 57.9 Å². The van der Waals surface area contributed by atoms with E-state index in [1.54, 1.807) is 56.7 Å². The van der Waals surface area contributed by atoms with E-state index in [9.17, 15) is 9.59 Å². The number of hydrogen-bond acceptors (Lipinski definition) is 4. The molecule has 1 amide bonds. The highest BCUT2D eigenvalue weighted by Gasteiger charge is 2.17. The van der Waals surface area contributed by atoms with E-state index in [2.05, 4.69) is 21.2 Å². The fraction of sp³-hybridized carbons (Fsp3) is 0.167. The Morgan fingerprint density at radius 1 is 0.968 bits per heavy atom. The van der Waals surface area contributed by atoms with Gasteiger partial charge in [0.1, 0.15) is 0 Å². The van der Waals surface area contributed by atoms with Gasteiger partial charge in [0.05, 0.1) is 19.9 Å². The maximum absolute atomic E-state index is 12.9. The molecule has 0 saturated heterocycles. The number of amides is 1. The van der Waals surface area contributed by atoms with Crippen LogP contribution in [-0.2, 0) is 11.2 Å². The topological polar surface area (TPSA) is 64.6 Å². The monoisotopic (exact) mass is 501 g/mol. The second-order valence-electron chi connectivity index (χ2n) is 6.73. The lowest BCUT2D eigenvalue weighted by Gasteiger charge is -2.13. The SMILES string of the molecule is COc1cc(Br)c(CCC(=O)Nc2ccc(Cl)cc2C(=O)c2ccccc2)cc1OC. The molecule has 160 valence electrons. The average molecular weight is 503 g/mol. The quantitative estimate of drug-likeness (QED) is 0.388. The number of nitrogens with one attached hydrogen (secondary N) is 1. The van der Waals surface area contributed by atoms with Crippen molar-refractivity contribution in [3.63, 3.8) is 0 Å². The summed E-state index contributed by atoms with van der Waals surface area (Å²) in [6.07, 6.45) is 0.692. The maximum atomic E-state index is 12.9. The number of hydrogen-bond donors (Lipinski definition) is 1. The van der Waals surface area contributed by atoms with Gasteiger partial charge in [0.15, 0.2) is 17.3 Å². The van der Waals surface area contributed by atoms with Crippen molar-refractivity contribution in [2.45, 2.75) is 12.8 Å². The van der Waals surface area contributed by atoms with Crippen LogP contribution in [-0.4, -0.2) is 25.9 Å². The highest BCUT2D eigenvalue weighted by Crippen LogP contribution is 2.34. The van der Waals surface area contributed by atoms with Gasteiger partial charge in [0.2, 0.25) is 5.91 Å². The molecule has 0 saturated carbocycles. The first-order valence-corrected chi connectivity index (χ1v) is 10.7. The molecule has 31 heavy (non-hydrogen) atoms. The van der Waals surface area contributed by atoms with Crippen molar-refractivity contribution in [3.05, 3.63) is 86.8 Å². The van der Waals surface area contributed by atoms with Crippen LogP contribution in [0.4, 0.5) is 5.69 Å². The number of rotatable bonds is 8. The highest BCUT2D eigenvalue weighted by atomic mass is 79.9. The van der Waals surface area contributed by atoms with Crippen molar-refractivity contribution in [1.29, 1.82) is 0 Å². The van der Waals surface area contributed by atoms with Crippen LogP contribution < -0.4 is 14.8 Å². The first-order chi connectivity index (χ1) is 14.9. The zero-order valence-corrected chi connectivity index (χ0v) is 19.4. The van der Waals surface area contributed by atoms with Gasteiger partial charge < -0.3 is 14.8 Å². The second kappa shape index (κ2) is 10.5. The number of anilines is 1. The molecule has 7 heteroatoms. The van der Waals surface area contributed by atoms with Crippen molar-refractivity contribution in [1.82, 2.24) is 0 Å². The smallest absolute Gasteiger partial charge is 0.224 e. The van der Waals surface area contributed by atoms with E-state index < -0.39 is 0 Å². The molecule has 3 aromatic carbocycles. The third kappa shape index (κ3) is 5.66. The standard InChI is InChI=1S/C24H21BrClNO4/c1-30-21-12-16(19(25)14-22(21)31-2)8-11-23(28)27-20-10-9-17(26)13-18(20)24(29)15-6-4-3-5-7-15/h3-7,9-10,12-14H,8,11H2,1-2H3,(H,27,28). The van der Waals surface area contributed by atoms with Crippen LogP contribution in [0, 0.1) is 0 Å². The molecule has 0 unspecified atom stereocenters. The van der Waals surface area contributed by atoms with Crippen molar-refractivity contribution >= 4 is 44.9 Å². The van der Waals surface area contributed by atoms with Gasteiger partial charge in [0, 0.05) is 27.0 Å². The molecule has 0 fully saturated rings. The Morgan fingerprint density at radius 2 is 1.65 bits per heavy atom. The summed E-state index contributed by atoms with van der Waals surface area (Å²) in [5.74, 6) is 0.773. The Balaban J connectivity index is 1.75. The molecule has 1 N–H and O–H groups in total. The van der Waals surface area contributed by atoms with Crippen LogP contribution in [0.2, 0.25) is 5.02 Å². The number of ether oxygens (including phenoxy) is 2. The fourth-order valence-electron chi connectivity index (χ4n) is 3.11. The summed E-state index contributed by atoms with van der Waals surface area (Å²) >= 11 is 9.61. The second-order valence-corrected chi connectivity index (χ2v) is 8.02. The lowest BCUT2D eigenvalue weighted by Crippen LogP contribution is -2.15. The van der Waals surface area contributed by atoms with Crippen molar-refractivity contribution < 1.29 is 19.1 Å². The molecule has 0 spiro atoms. The molecule has 3 aromatic rings. The molecule has 0 aliphatic heterocycles. The summed E-state index contributed by atoms with van der Waals surface area (Å²) < 4.78 is 11.4. The normalized spacial score (nSPS) is 10.5. The summed E-state index contributed by atoms with van der Waals surface area (Å²) in [7, 11) is 3.13. The molecule has 0 atom stereocenters. The molecule has 0 radical (unpaired) electrons. The number of halogens is 2. The summed E-state index contributed by atoms with van der Waals surface area (Å²) in [4.78, 5) is 25.6. The van der Waals surface area contributed by atoms with Gasteiger partial charge in [-0.2, -0.15) is 0 Å². The van der Waals surface area contributed by atoms with Gasteiger partial charge >= 0.3 is 0 Å². The molecule has 0 heterocycles. The minimum atomic E-state index is -0.217. The first-order valence-electron chi connectivity index (χ1n) is 9.52. The van der Waals surface area contributed by atoms with Crippen LogP contribution in [0.5, 0.6) is 11.5 Å². The lowest BCUT2D eigenvalue weighted by molar-refractivity contribution is -0.116. The van der Waals surface area contributed by atoms with Gasteiger partial charge in [-0.05, 0) is 42.3 Å². The highest BCUT2D eigenvalue weighted by molar-refractivity contribution is 9.10. The third-order valence-electron chi connectivity index (χ3n) is 4.71. The van der Waals surface area contributed by atoms with Crippen molar-refractivity contribution in [3.8, 4) is 11.5 Å². The van der Waals surface area contributed by atoms with E-state index in [-0.39, 0.29) is 18.1 Å². The Kier molecular flexibility index (Phi) is 7.71. The van der Waals surface area contributed by atoms with Gasteiger partial charge in [-0.3, -0.25) is 9.59 Å². The van der Waals surface area contributed by atoms with E-state index in [1.165, 1.54) is 0 Å². The number of aryl methyl sites for hydroxylation is 1. The average Bonchev–Trinajstić information content (AvgIpc) is 2.79. The minimum absolute atomic E-state index is 0.207. The number of carbonyl (C=O) groups is 2. The lowest BCUT2D eigenvalue weighted by atomic mass is 10.0. The van der Waals surface area contributed by atoms with Gasteiger partial charge in [0.25, 0.3) is 0 Å². The Bertz CT molecular complexity index is 1100. The molecule has 0 aliphatic carbocycles. The molecule has 0 aliphatic rings. The Hall–Kier alpha value is -2.83. The number of carbonyl (C=O) groups excluding carboxylic acids is 2. The van der Waals surface area contributed by atoms with Crippen LogP contribution >= 0.6 is 27.5 Å². The van der Waals surface area contributed by atoms with Crippen LogP contribution in [0.15, 0.2) is 65.1 Å². The predicted molar refractivity (Wildman–Crippen MR) is 126 cm³/mol. The maximum Gasteiger partial charge on any atom is 0.224 e. The molecule has 5 nitrogen and oxygen atoms in total. The van der Waals surface area contributed by atoms with Gasteiger partial charge in [-0.25, -0.2) is 0 Å². The Labute approximate surface area is 194 Å². The molecular formula is C24H21BrClNO4. The van der Waals surface area contributed by atoms with Crippen LogP contribution in [0.1, 0.15) is 27.9 Å². The number of benzene rings is 3. The summed E-state index contributed by atoms with van der Waals surface area (Å²) in [6.45, 7) is 0. The Morgan fingerprint density at radius 3 is 2.32 bits per heavy atom. The van der Waals surface area contributed by atoms with E-state index in [0.717, 1.165) is 10.0 Å². The summed E-state index contributed by atoms with van der Waals surface area (Å²) in [5.41, 5.74) is 2.20. The predicted octanol–water partition coefficient (Wildman–Crippen LogP) is 5.92. The first kappa shape index (κ1) is 22.8. The van der Waals surface area contributed by atoms with E-state index in [1.807, 2.05) is 18.2 Å². The minimum Gasteiger partial charge on any atom is -0.493 e. The molecule has 3 rings (SSSR count). The molecule has 0 aromatic heterocycles. The zero-order chi connectivity index (χ0) is 22.4.